The average Bonchev–Trinajstić information content (AvgIpc) is 2.73. The molecule has 0 atom stereocenters. The molecule has 3 nitrogen and oxygen atoms in total. The molecule has 14 heavy (non-hydrogen) atoms. The first kappa shape index (κ1) is 9.69. The van der Waals surface area contributed by atoms with Gasteiger partial charge in [-0.1, -0.05) is 38.8 Å². The highest BCUT2D eigenvalue weighted by Crippen LogP contribution is 2.29. The van der Waals surface area contributed by atoms with Gasteiger partial charge in [-0.15, -0.1) is 5.10 Å². The maximum Gasteiger partial charge on any atom is 0.0880 e. The van der Waals surface area contributed by atoms with Crippen molar-refractivity contribution < 1.29 is 0 Å². The molecular formula is C11H19N3. The molecule has 1 saturated carbocycles. The van der Waals surface area contributed by atoms with E-state index in [-0.39, 0.29) is 5.41 Å². The summed E-state index contributed by atoms with van der Waals surface area (Å²) < 4.78 is 2.06. The van der Waals surface area contributed by atoms with Crippen LogP contribution in [0.1, 0.15) is 58.2 Å². The zero-order valence-corrected chi connectivity index (χ0v) is 9.32. The third-order valence-electron chi connectivity index (χ3n) is 2.98. The van der Waals surface area contributed by atoms with Gasteiger partial charge in [-0.25, -0.2) is 4.68 Å². The molecule has 0 radical (unpaired) electrons. The monoisotopic (exact) mass is 193 g/mol. The fourth-order valence-electron chi connectivity index (χ4n) is 1.97. The molecule has 3 heteroatoms. The van der Waals surface area contributed by atoms with Gasteiger partial charge in [-0.05, 0) is 12.8 Å². The molecule has 0 amide bonds. The Hall–Kier alpha value is -0.860. The molecule has 0 bridgehead atoms. The van der Waals surface area contributed by atoms with Crippen molar-refractivity contribution in [2.24, 2.45) is 0 Å². The largest absolute Gasteiger partial charge is 0.249 e. The van der Waals surface area contributed by atoms with E-state index in [4.69, 9.17) is 0 Å². The van der Waals surface area contributed by atoms with Crippen LogP contribution in [0.2, 0.25) is 0 Å². The predicted molar refractivity (Wildman–Crippen MR) is 56.2 cm³/mol. The van der Waals surface area contributed by atoms with Crippen LogP contribution in [0, 0.1) is 0 Å². The molecule has 1 heterocycles. The lowest BCUT2D eigenvalue weighted by Gasteiger charge is -2.13. The van der Waals surface area contributed by atoms with E-state index in [0.29, 0.717) is 6.04 Å². The van der Waals surface area contributed by atoms with E-state index in [0.717, 1.165) is 5.69 Å². The summed E-state index contributed by atoms with van der Waals surface area (Å²) in [6, 6.07) is 0.610. The first-order valence-electron chi connectivity index (χ1n) is 5.50. The SMILES string of the molecule is CC(C)(C)c1cn(C2CCCC2)nn1. The fraction of sp³-hybridized carbons (Fsp3) is 0.818. The predicted octanol–water partition coefficient (Wildman–Crippen LogP) is 2.69. The minimum absolute atomic E-state index is 0.122. The highest BCUT2D eigenvalue weighted by Gasteiger charge is 2.22. The van der Waals surface area contributed by atoms with Crippen LogP contribution >= 0.6 is 0 Å². The molecule has 0 unspecified atom stereocenters. The molecule has 1 fully saturated rings. The van der Waals surface area contributed by atoms with Crippen LogP contribution in [-0.4, -0.2) is 15.0 Å². The highest BCUT2D eigenvalue weighted by molar-refractivity contribution is 5.06. The maximum atomic E-state index is 4.24. The summed E-state index contributed by atoms with van der Waals surface area (Å²) in [6.45, 7) is 6.53. The smallest absolute Gasteiger partial charge is 0.0880 e. The van der Waals surface area contributed by atoms with Gasteiger partial charge in [0.25, 0.3) is 0 Å². The number of hydrogen-bond donors (Lipinski definition) is 0. The fourth-order valence-corrected chi connectivity index (χ4v) is 1.97. The highest BCUT2D eigenvalue weighted by atomic mass is 15.4. The minimum Gasteiger partial charge on any atom is -0.249 e. The summed E-state index contributed by atoms with van der Waals surface area (Å²) in [6.07, 6.45) is 7.35. The van der Waals surface area contributed by atoms with Crippen LogP contribution in [0.5, 0.6) is 0 Å². The lowest BCUT2D eigenvalue weighted by Crippen LogP contribution is -2.11. The second kappa shape index (κ2) is 3.37. The van der Waals surface area contributed by atoms with Crippen LogP contribution in [0.4, 0.5) is 0 Å². The molecule has 2 rings (SSSR count). The molecule has 0 aromatic carbocycles. The molecule has 0 aliphatic heterocycles. The standard InChI is InChI=1S/C11H19N3/c1-11(2,3)10-8-14(13-12-10)9-6-4-5-7-9/h8-9H,4-7H2,1-3H3. The van der Waals surface area contributed by atoms with Gasteiger partial charge in [0.1, 0.15) is 0 Å². The van der Waals surface area contributed by atoms with Crippen molar-refractivity contribution >= 4 is 0 Å². The van der Waals surface area contributed by atoms with Gasteiger partial charge in [0, 0.05) is 11.6 Å². The summed E-state index contributed by atoms with van der Waals surface area (Å²) >= 11 is 0. The molecule has 1 aromatic rings. The van der Waals surface area contributed by atoms with Crippen LogP contribution in [0.15, 0.2) is 6.20 Å². The molecular weight excluding hydrogens is 174 g/mol. The van der Waals surface area contributed by atoms with Crippen LogP contribution in [0.3, 0.4) is 0 Å². The Bertz CT molecular complexity index is 303. The van der Waals surface area contributed by atoms with Crippen molar-refractivity contribution in [2.45, 2.75) is 57.9 Å². The van der Waals surface area contributed by atoms with Gasteiger partial charge in [-0.3, -0.25) is 0 Å². The Balaban J connectivity index is 2.17. The van der Waals surface area contributed by atoms with Gasteiger partial charge < -0.3 is 0 Å². The van der Waals surface area contributed by atoms with E-state index in [1.54, 1.807) is 0 Å². The zero-order valence-electron chi connectivity index (χ0n) is 9.32. The Labute approximate surface area is 85.5 Å². The molecule has 0 saturated heterocycles. The van der Waals surface area contributed by atoms with E-state index in [9.17, 15) is 0 Å². The Kier molecular flexibility index (Phi) is 2.33. The summed E-state index contributed by atoms with van der Waals surface area (Å²) in [7, 11) is 0. The lowest BCUT2D eigenvalue weighted by atomic mass is 9.93. The normalized spacial score (nSPS) is 19.1. The van der Waals surface area contributed by atoms with Crippen molar-refractivity contribution in [1.82, 2.24) is 15.0 Å². The minimum atomic E-state index is 0.122. The summed E-state index contributed by atoms with van der Waals surface area (Å²) in [4.78, 5) is 0. The van der Waals surface area contributed by atoms with E-state index in [2.05, 4.69) is 42.0 Å². The topological polar surface area (TPSA) is 30.7 Å². The van der Waals surface area contributed by atoms with Gasteiger partial charge in [-0.2, -0.15) is 0 Å². The molecule has 0 spiro atoms. The molecule has 78 valence electrons. The van der Waals surface area contributed by atoms with Gasteiger partial charge in [0.2, 0.25) is 0 Å². The molecule has 1 aliphatic rings. The first-order chi connectivity index (χ1) is 6.57. The van der Waals surface area contributed by atoms with Crippen LogP contribution in [-0.2, 0) is 5.41 Å². The number of rotatable bonds is 1. The Morgan fingerprint density at radius 2 is 1.93 bits per heavy atom. The van der Waals surface area contributed by atoms with Crippen molar-refractivity contribution in [3.63, 3.8) is 0 Å². The first-order valence-corrected chi connectivity index (χ1v) is 5.50. The Morgan fingerprint density at radius 3 is 2.43 bits per heavy atom. The molecule has 1 aliphatic carbocycles. The van der Waals surface area contributed by atoms with Crippen molar-refractivity contribution in [3.05, 3.63) is 11.9 Å². The quantitative estimate of drug-likeness (QED) is 0.686. The van der Waals surface area contributed by atoms with Crippen molar-refractivity contribution in [2.75, 3.05) is 0 Å². The van der Waals surface area contributed by atoms with Crippen LogP contribution in [0.25, 0.3) is 0 Å². The second-order valence-corrected chi connectivity index (χ2v) is 5.27. The summed E-state index contributed by atoms with van der Waals surface area (Å²) in [5.74, 6) is 0. The van der Waals surface area contributed by atoms with Gasteiger partial charge >= 0.3 is 0 Å². The Morgan fingerprint density at radius 1 is 1.29 bits per heavy atom. The van der Waals surface area contributed by atoms with Crippen molar-refractivity contribution in [3.8, 4) is 0 Å². The second-order valence-electron chi connectivity index (χ2n) is 5.27. The van der Waals surface area contributed by atoms with Crippen LogP contribution < -0.4 is 0 Å². The van der Waals surface area contributed by atoms with E-state index < -0.39 is 0 Å². The molecule has 0 N–H and O–H groups in total. The maximum absolute atomic E-state index is 4.24. The lowest BCUT2D eigenvalue weighted by molar-refractivity contribution is 0.454. The number of hydrogen-bond acceptors (Lipinski definition) is 2. The number of nitrogens with zero attached hydrogens (tertiary/aromatic N) is 3. The third-order valence-corrected chi connectivity index (χ3v) is 2.98. The molecule has 1 aromatic heterocycles. The van der Waals surface area contributed by atoms with E-state index in [1.807, 2.05) is 0 Å². The summed E-state index contributed by atoms with van der Waals surface area (Å²) in [5, 5.41) is 8.48. The van der Waals surface area contributed by atoms with Gasteiger partial charge in [0.05, 0.1) is 11.7 Å². The van der Waals surface area contributed by atoms with Crippen molar-refractivity contribution in [1.29, 1.82) is 0 Å². The zero-order chi connectivity index (χ0) is 10.2. The number of aromatic nitrogens is 3. The third kappa shape index (κ3) is 1.81. The average molecular weight is 193 g/mol. The van der Waals surface area contributed by atoms with E-state index in [1.165, 1.54) is 25.7 Å². The van der Waals surface area contributed by atoms with E-state index >= 15 is 0 Å². The summed E-state index contributed by atoms with van der Waals surface area (Å²) in [5.41, 5.74) is 1.22. The van der Waals surface area contributed by atoms with Gasteiger partial charge in [0.15, 0.2) is 0 Å².